The number of nitrogens with one attached hydrogen (secondary N) is 1. The van der Waals surface area contributed by atoms with Crippen LogP contribution in [0.4, 0.5) is 5.13 Å². The standard InChI is InChI=1S/C12H14N4O2S/c1-3-8-9(6(2)18-16-8)10(17)13-12-15-14-11(19-12)7-4-5-7/h7H,3-5H2,1-2H3,(H,13,15,17). The van der Waals surface area contributed by atoms with E-state index in [2.05, 4.69) is 20.7 Å². The van der Waals surface area contributed by atoms with Gasteiger partial charge in [0.15, 0.2) is 0 Å². The normalized spacial score (nSPS) is 14.6. The van der Waals surface area contributed by atoms with Gasteiger partial charge in [-0.2, -0.15) is 0 Å². The van der Waals surface area contributed by atoms with Crippen molar-refractivity contribution in [2.24, 2.45) is 0 Å². The molecule has 1 fully saturated rings. The minimum absolute atomic E-state index is 0.228. The molecule has 19 heavy (non-hydrogen) atoms. The molecule has 0 unspecified atom stereocenters. The number of amides is 1. The highest BCUT2D eigenvalue weighted by Gasteiger charge is 2.28. The van der Waals surface area contributed by atoms with E-state index < -0.39 is 0 Å². The third-order valence-corrected chi connectivity index (χ3v) is 4.08. The first kappa shape index (κ1) is 12.3. The zero-order valence-electron chi connectivity index (χ0n) is 10.8. The van der Waals surface area contributed by atoms with Crippen LogP contribution in [0.25, 0.3) is 0 Å². The average molecular weight is 278 g/mol. The number of aryl methyl sites for hydroxylation is 2. The third kappa shape index (κ3) is 2.37. The monoisotopic (exact) mass is 278 g/mol. The predicted octanol–water partition coefficient (Wildman–Crippen LogP) is 2.53. The molecule has 0 atom stereocenters. The van der Waals surface area contributed by atoms with Crippen LogP contribution < -0.4 is 5.32 Å². The number of hydrogen-bond acceptors (Lipinski definition) is 6. The van der Waals surface area contributed by atoms with Gasteiger partial charge in [-0.1, -0.05) is 23.4 Å². The average Bonchev–Trinajstić information content (AvgIpc) is 3.03. The fraction of sp³-hybridized carbons (Fsp3) is 0.500. The molecule has 0 radical (unpaired) electrons. The molecule has 0 aliphatic heterocycles. The molecule has 1 saturated carbocycles. The van der Waals surface area contributed by atoms with Crippen molar-refractivity contribution >= 4 is 22.4 Å². The van der Waals surface area contributed by atoms with Crippen LogP contribution in [0, 0.1) is 6.92 Å². The molecule has 0 saturated heterocycles. The lowest BCUT2D eigenvalue weighted by Gasteiger charge is -2.00. The summed E-state index contributed by atoms with van der Waals surface area (Å²) in [6.07, 6.45) is 3.00. The molecule has 1 aliphatic rings. The summed E-state index contributed by atoms with van der Waals surface area (Å²) in [5, 5.41) is 16.3. The van der Waals surface area contributed by atoms with Crippen molar-refractivity contribution in [1.29, 1.82) is 0 Å². The van der Waals surface area contributed by atoms with E-state index in [4.69, 9.17) is 4.52 Å². The van der Waals surface area contributed by atoms with Crippen molar-refractivity contribution in [1.82, 2.24) is 15.4 Å². The highest BCUT2D eigenvalue weighted by Crippen LogP contribution is 2.42. The van der Waals surface area contributed by atoms with Crippen LogP contribution in [0.2, 0.25) is 0 Å². The quantitative estimate of drug-likeness (QED) is 0.929. The molecule has 0 bridgehead atoms. The van der Waals surface area contributed by atoms with Gasteiger partial charge in [0.25, 0.3) is 5.91 Å². The minimum Gasteiger partial charge on any atom is -0.361 e. The molecule has 100 valence electrons. The van der Waals surface area contributed by atoms with Gasteiger partial charge in [0.2, 0.25) is 5.13 Å². The number of aromatic nitrogens is 3. The first-order chi connectivity index (χ1) is 9.19. The Morgan fingerprint density at radius 2 is 2.26 bits per heavy atom. The predicted molar refractivity (Wildman–Crippen MR) is 70.5 cm³/mol. The first-order valence-electron chi connectivity index (χ1n) is 6.29. The Labute approximate surface area is 114 Å². The molecule has 2 aromatic heterocycles. The summed E-state index contributed by atoms with van der Waals surface area (Å²) in [6, 6.07) is 0. The summed E-state index contributed by atoms with van der Waals surface area (Å²) in [6.45, 7) is 3.67. The van der Waals surface area contributed by atoms with Crippen LogP contribution >= 0.6 is 11.3 Å². The second-order valence-electron chi connectivity index (χ2n) is 4.59. The van der Waals surface area contributed by atoms with Gasteiger partial charge >= 0.3 is 0 Å². The number of anilines is 1. The SMILES string of the molecule is CCc1noc(C)c1C(=O)Nc1nnc(C2CC2)s1. The smallest absolute Gasteiger partial charge is 0.263 e. The molecule has 6 nitrogen and oxygen atoms in total. The van der Waals surface area contributed by atoms with Gasteiger partial charge in [0, 0.05) is 5.92 Å². The highest BCUT2D eigenvalue weighted by atomic mass is 32.1. The summed E-state index contributed by atoms with van der Waals surface area (Å²) < 4.78 is 5.06. The summed E-state index contributed by atoms with van der Waals surface area (Å²) >= 11 is 1.44. The zero-order valence-corrected chi connectivity index (χ0v) is 11.6. The van der Waals surface area contributed by atoms with E-state index in [0.717, 1.165) is 5.01 Å². The lowest BCUT2D eigenvalue weighted by molar-refractivity contribution is 0.102. The van der Waals surface area contributed by atoms with Gasteiger partial charge in [-0.3, -0.25) is 10.1 Å². The van der Waals surface area contributed by atoms with E-state index >= 15 is 0 Å². The molecule has 7 heteroatoms. The van der Waals surface area contributed by atoms with Crippen LogP contribution in [0.15, 0.2) is 4.52 Å². The lowest BCUT2D eigenvalue weighted by atomic mass is 10.1. The van der Waals surface area contributed by atoms with Gasteiger partial charge in [-0.25, -0.2) is 0 Å². The molecule has 0 aromatic carbocycles. The molecule has 2 aromatic rings. The van der Waals surface area contributed by atoms with E-state index in [-0.39, 0.29) is 5.91 Å². The van der Waals surface area contributed by atoms with Crippen LogP contribution in [-0.4, -0.2) is 21.3 Å². The van der Waals surface area contributed by atoms with E-state index in [1.807, 2.05) is 6.92 Å². The first-order valence-corrected chi connectivity index (χ1v) is 7.10. The van der Waals surface area contributed by atoms with Crippen LogP contribution in [0.5, 0.6) is 0 Å². The zero-order chi connectivity index (χ0) is 13.4. The van der Waals surface area contributed by atoms with Crippen LogP contribution in [-0.2, 0) is 6.42 Å². The largest absolute Gasteiger partial charge is 0.361 e. The van der Waals surface area contributed by atoms with E-state index in [1.165, 1.54) is 24.2 Å². The van der Waals surface area contributed by atoms with Gasteiger partial charge in [-0.15, -0.1) is 10.2 Å². The second-order valence-corrected chi connectivity index (χ2v) is 5.60. The molecule has 0 spiro atoms. The topological polar surface area (TPSA) is 80.9 Å². The molecular weight excluding hydrogens is 264 g/mol. The minimum atomic E-state index is -0.228. The Morgan fingerprint density at radius 3 is 2.95 bits per heavy atom. The van der Waals surface area contributed by atoms with E-state index in [9.17, 15) is 4.79 Å². The Kier molecular flexibility index (Phi) is 3.06. The Bertz CT molecular complexity index is 615. The van der Waals surface area contributed by atoms with Crippen molar-refractivity contribution in [3.63, 3.8) is 0 Å². The second kappa shape index (κ2) is 4.73. The Hall–Kier alpha value is -1.76. The summed E-state index contributed by atoms with van der Waals surface area (Å²) in [7, 11) is 0. The molecule has 1 N–H and O–H groups in total. The maximum Gasteiger partial charge on any atom is 0.263 e. The summed E-state index contributed by atoms with van der Waals surface area (Å²) in [5.41, 5.74) is 1.17. The maximum absolute atomic E-state index is 12.2. The number of carbonyl (C=O) groups excluding carboxylic acids is 1. The fourth-order valence-electron chi connectivity index (χ4n) is 1.89. The van der Waals surface area contributed by atoms with Gasteiger partial charge < -0.3 is 4.52 Å². The Morgan fingerprint density at radius 1 is 1.47 bits per heavy atom. The maximum atomic E-state index is 12.2. The molecular formula is C12H14N4O2S. The molecule has 3 rings (SSSR count). The lowest BCUT2D eigenvalue weighted by Crippen LogP contribution is -2.14. The van der Waals surface area contributed by atoms with Crippen LogP contribution in [0.3, 0.4) is 0 Å². The van der Waals surface area contributed by atoms with Crippen molar-refractivity contribution < 1.29 is 9.32 Å². The highest BCUT2D eigenvalue weighted by molar-refractivity contribution is 7.15. The van der Waals surface area contributed by atoms with Crippen molar-refractivity contribution in [2.45, 2.75) is 39.0 Å². The Balaban J connectivity index is 1.77. The summed E-state index contributed by atoms with van der Waals surface area (Å²) in [4.78, 5) is 12.2. The molecule has 1 aliphatic carbocycles. The number of carbonyl (C=O) groups is 1. The third-order valence-electron chi connectivity index (χ3n) is 3.08. The van der Waals surface area contributed by atoms with Gasteiger partial charge in [0.05, 0.1) is 5.69 Å². The molecule has 1 amide bonds. The van der Waals surface area contributed by atoms with Crippen LogP contribution in [0.1, 0.15) is 52.5 Å². The molecule has 2 heterocycles. The van der Waals surface area contributed by atoms with E-state index in [1.54, 1.807) is 6.92 Å². The number of hydrogen-bond donors (Lipinski definition) is 1. The van der Waals surface area contributed by atoms with Gasteiger partial charge in [-0.05, 0) is 26.2 Å². The summed E-state index contributed by atoms with van der Waals surface area (Å²) in [5.74, 6) is 0.849. The fourth-order valence-corrected chi connectivity index (χ4v) is 2.80. The van der Waals surface area contributed by atoms with Gasteiger partial charge in [0.1, 0.15) is 16.3 Å². The number of rotatable bonds is 4. The van der Waals surface area contributed by atoms with Crippen molar-refractivity contribution in [3.05, 3.63) is 22.0 Å². The number of nitrogens with zero attached hydrogens (tertiary/aromatic N) is 3. The van der Waals surface area contributed by atoms with Crippen molar-refractivity contribution in [2.75, 3.05) is 5.32 Å². The van der Waals surface area contributed by atoms with E-state index in [0.29, 0.717) is 34.5 Å². The van der Waals surface area contributed by atoms with Crippen molar-refractivity contribution in [3.8, 4) is 0 Å².